The number of benzene rings is 1. The summed E-state index contributed by atoms with van der Waals surface area (Å²) in [6, 6.07) is 5.60. The topological polar surface area (TPSA) is 53.2 Å². The Hall–Kier alpha value is -1.62. The average Bonchev–Trinajstić information content (AvgIpc) is 2.40. The molecule has 0 bridgehead atoms. The van der Waals surface area contributed by atoms with E-state index in [2.05, 4.69) is 16.0 Å². The van der Waals surface area contributed by atoms with Gasteiger partial charge >= 0.3 is 6.03 Å². The van der Waals surface area contributed by atoms with Crippen LogP contribution in [-0.2, 0) is 0 Å². The van der Waals surface area contributed by atoms with Crippen LogP contribution in [0.3, 0.4) is 0 Å². The van der Waals surface area contributed by atoms with Crippen molar-refractivity contribution in [2.24, 2.45) is 5.92 Å². The smallest absolute Gasteiger partial charge is 0.319 e. The molecule has 1 aromatic rings. The number of nitrogens with one attached hydrogen (secondary N) is 3. The van der Waals surface area contributed by atoms with Crippen molar-refractivity contribution in [1.29, 1.82) is 0 Å². The van der Waals surface area contributed by atoms with E-state index in [0.717, 1.165) is 19.5 Å². The highest BCUT2D eigenvalue weighted by Crippen LogP contribution is 2.14. The highest BCUT2D eigenvalue weighted by atomic mass is 19.1. The molecule has 1 fully saturated rings. The summed E-state index contributed by atoms with van der Waals surface area (Å²) in [5.74, 6) is 0.336. The second kappa shape index (κ2) is 7.09. The van der Waals surface area contributed by atoms with E-state index < -0.39 is 0 Å². The lowest BCUT2D eigenvalue weighted by atomic mass is 9.95. The molecule has 1 aliphatic heterocycles. The predicted molar refractivity (Wildman–Crippen MR) is 73.6 cm³/mol. The minimum Gasteiger partial charge on any atom is -0.338 e. The first kappa shape index (κ1) is 13.8. The molecule has 0 radical (unpaired) electrons. The van der Waals surface area contributed by atoms with E-state index in [4.69, 9.17) is 0 Å². The number of carbonyl (C=O) groups is 1. The van der Waals surface area contributed by atoms with Crippen molar-refractivity contribution in [2.75, 3.05) is 25.0 Å². The van der Waals surface area contributed by atoms with E-state index in [1.54, 1.807) is 12.1 Å². The molecule has 1 aliphatic rings. The highest BCUT2D eigenvalue weighted by molar-refractivity contribution is 5.89. The van der Waals surface area contributed by atoms with Crippen molar-refractivity contribution >= 4 is 11.7 Å². The molecule has 2 amide bonds. The molecule has 2 rings (SSSR count). The molecule has 104 valence electrons. The standard InChI is InChI=1S/C14H20FN3O/c15-12-2-1-3-13(10-12)18-14(19)17-9-6-11-4-7-16-8-5-11/h1-3,10-11,16H,4-9H2,(H2,17,18,19). The van der Waals surface area contributed by atoms with Crippen LogP contribution in [0.15, 0.2) is 24.3 Å². The zero-order chi connectivity index (χ0) is 13.5. The predicted octanol–water partition coefficient (Wildman–Crippen LogP) is 2.34. The fraction of sp³-hybridized carbons (Fsp3) is 0.500. The largest absolute Gasteiger partial charge is 0.338 e. The average molecular weight is 265 g/mol. The van der Waals surface area contributed by atoms with Gasteiger partial charge in [0.15, 0.2) is 0 Å². The lowest BCUT2D eigenvalue weighted by Gasteiger charge is -2.22. The minimum absolute atomic E-state index is 0.278. The second-order valence-electron chi connectivity index (χ2n) is 4.87. The van der Waals surface area contributed by atoms with Gasteiger partial charge in [-0.1, -0.05) is 6.07 Å². The molecule has 1 aromatic carbocycles. The van der Waals surface area contributed by atoms with Crippen LogP contribution in [0.4, 0.5) is 14.9 Å². The zero-order valence-corrected chi connectivity index (χ0v) is 10.9. The van der Waals surface area contributed by atoms with Crippen molar-refractivity contribution in [1.82, 2.24) is 10.6 Å². The van der Waals surface area contributed by atoms with E-state index in [9.17, 15) is 9.18 Å². The number of amides is 2. The first-order chi connectivity index (χ1) is 9.24. The summed E-state index contributed by atoms with van der Waals surface area (Å²) in [7, 11) is 0. The second-order valence-corrected chi connectivity index (χ2v) is 4.87. The van der Waals surface area contributed by atoms with Crippen LogP contribution in [0.1, 0.15) is 19.3 Å². The Morgan fingerprint density at radius 2 is 2.16 bits per heavy atom. The van der Waals surface area contributed by atoms with Gasteiger partial charge in [0.1, 0.15) is 5.82 Å². The molecule has 1 heterocycles. The number of hydrogen-bond donors (Lipinski definition) is 3. The Labute approximate surface area is 112 Å². The Bertz CT molecular complexity index is 419. The van der Waals surface area contributed by atoms with Crippen LogP contribution in [0.2, 0.25) is 0 Å². The summed E-state index contributed by atoms with van der Waals surface area (Å²) in [5.41, 5.74) is 0.472. The van der Waals surface area contributed by atoms with E-state index in [1.807, 2.05) is 0 Å². The summed E-state index contributed by atoms with van der Waals surface area (Å²) in [6.07, 6.45) is 3.35. The molecule has 0 aliphatic carbocycles. The van der Waals surface area contributed by atoms with Gasteiger partial charge in [-0.25, -0.2) is 9.18 Å². The van der Waals surface area contributed by atoms with E-state index in [0.29, 0.717) is 18.2 Å². The first-order valence-corrected chi connectivity index (χ1v) is 6.75. The molecule has 0 spiro atoms. The van der Waals surface area contributed by atoms with Gasteiger partial charge in [0, 0.05) is 12.2 Å². The third-order valence-corrected chi connectivity index (χ3v) is 3.38. The van der Waals surface area contributed by atoms with Gasteiger partial charge in [-0.2, -0.15) is 0 Å². The summed E-state index contributed by atoms with van der Waals surface area (Å²) >= 11 is 0. The SMILES string of the molecule is O=C(NCCC1CCNCC1)Nc1cccc(F)c1. The Morgan fingerprint density at radius 1 is 1.37 bits per heavy atom. The molecule has 0 unspecified atom stereocenters. The highest BCUT2D eigenvalue weighted by Gasteiger charge is 2.12. The summed E-state index contributed by atoms with van der Waals surface area (Å²) in [6.45, 7) is 2.80. The number of halogens is 1. The molecular formula is C14H20FN3O. The molecule has 19 heavy (non-hydrogen) atoms. The fourth-order valence-corrected chi connectivity index (χ4v) is 2.30. The third kappa shape index (κ3) is 4.87. The first-order valence-electron chi connectivity index (χ1n) is 6.75. The van der Waals surface area contributed by atoms with E-state index in [-0.39, 0.29) is 11.8 Å². The lowest BCUT2D eigenvalue weighted by molar-refractivity contribution is 0.250. The maximum Gasteiger partial charge on any atom is 0.319 e. The van der Waals surface area contributed by atoms with Crippen molar-refractivity contribution in [3.05, 3.63) is 30.1 Å². The van der Waals surface area contributed by atoms with Crippen molar-refractivity contribution in [3.63, 3.8) is 0 Å². The van der Waals surface area contributed by atoms with Crippen molar-refractivity contribution < 1.29 is 9.18 Å². The van der Waals surface area contributed by atoms with E-state index >= 15 is 0 Å². The molecule has 3 N–H and O–H groups in total. The number of piperidine rings is 1. The van der Waals surface area contributed by atoms with Gasteiger partial charge in [0.25, 0.3) is 0 Å². The number of hydrogen-bond acceptors (Lipinski definition) is 2. The van der Waals surface area contributed by atoms with Crippen LogP contribution in [0.5, 0.6) is 0 Å². The van der Waals surface area contributed by atoms with Gasteiger partial charge in [0.05, 0.1) is 0 Å². The maximum atomic E-state index is 12.9. The monoisotopic (exact) mass is 265 g/mol. The van der Waals surface area contributed by atoms with Gasteiger partial charge in [-0.05, 0) is 56.5 Å². The summed E-state index contributed by atoms with van der Waals surface area (Å²) in [5, 5.41) is 8.74. The zero-order valence-electron chi connectivity index (χ0n) is 10.9. The minimum atomic E-state index is -0.354. The van der Waals surface area contributed by atoms with Crippen LogP contribution >= 0.6 is 0 Å². The molecular weight excluding hydrogens is 245 g/mol. The third-order valence-electron chi connectivity index (χ3n) is 3.38. The number of urea groups is 1. The summed E-state index contributed by atoms with van der Waals surface area (Å²) < 4.78 is 12.9. The molecule has 0 saturated carbocycles. The number of carbonyl (C=O) groups excluding carboxylic acids is 1. The van der Waals surface area contributed by atoms with Crippen LogP contribution < -0.4 is 16.0 Å². The Kier molecular flexibility index (Phi) is 5.15. The Morgan fingerprint density at radius 3 is 2.89 bits per heavy atom. The molecule has 0 aromatic heterocycles. The molecule has 4 nitrogen and oxygen atoms in total. The van der Waals surface area contributed by atoms with Crippen molar-refractivity contribution in [3.8, 4) is 0 Å². The number of rotatable bonds is 4. The van der Waals surface area contributed by atoms with Crippen LogP contribution in [0, 0.1) is 11.7 Å². The van der Waals surface area contributed by atoms with Gasteiger partial charge in [-0.15, -0.1) is 0 Å². The Balaban J connectivity index is 1.67. The van der Waals surface area contributed by atoms with Gasteiger partial charge < -0.3 is 16.0 Å². The van der Waals surface area contributed by atoms with Crippen molar-refractivity contribution in [2.45, 2.75) is 19.3 Å². The maximum absolute atomic E-state index is 12.9. The number of anilines is 1. The van der Waals surface area contributed by atoms with Crippen LogP contribution in [-0.4, -0.2) is 25.7 Å². The quantitative estimate of drug-likeness (QED) is 0.782. The normalized spacial score (nSPS) is 16.1. The summed E-state index contributed by atoms with van der Waals surface area (Å²) in [4.78, 5) is 11.6. The van der Waals surface area contributed by atoms with Crippen LogP contribution in [0.25, 0.3) is 0 Å². The fourth-order valence-electron chi connectivity index (χ4n) is 2.30. The molecule has 5 heteroatoms. The molecule has 1 saturated heterocycles. The molecule has 0 atom stereocenters. The van der Waals surface area contributed by atoms with E-state index in [1.165, 1.54) is 25.0 Å². The van der Waals surface area contributed by atoms with Gasteiger partial charge in [-0.3, -0.25) is 0 Å². The lowest BCUT2D eigenvalue weighted by Crippen LogP contribution is -2.33. The van der Waals surface area contributed by atoms with Gasteiger partial charge in [0.2, 0.25) is 0 Å².